The summed E-state index contributed by atoms with van der Waals surface area (Å²) < 4.78 is 0. The van der Waals surface area contributed by atoms with E-state index in [9.17, 15) is 9.59 Å². The highest BCUT2D eigenvalue weighted by Crippen LogP contribution is 2.37. The number of anilines is 1. The SMILES string of the molecule is O=C1C=CC(=O)N1c1ccc2c3c(cccc13)CC2. The van der Waals surface area contributed by atoms with Crippen molar-refractivity contribution in [3.05, 3.63) is 53.6 Å². The Morgan fingerprint density at radius 1 is 0.842 bits per heavy atom. The smallest absolute Gasteiger partial charge is 0.258 e. The molecule has 3 nitrogen and oxygen atoms in total. The maximum atomic E-state index is 11.8. The van der Waals surface area contributed by atoms with E-state index in [0.29, 0.717) is 5.69 Å². The fraction of sp³-hybridized carbons (Fsp3) is 0.125. The van der Waals surface area contributed by atoms with Crippen LogP contribution >= 0.6 is 0 Å². The molecule has 1 aliphatic heterocycles. The number of carbonyl (C=O) groups is 2. The Kier molecular flexibility index (Phi) is 1.96. The first kappa shape index (κ1) is 10.5. The molecule has 0 saturated carbocycles. The van der Waals surface area contributed by atoms with Crippen molar-refractivity contribution < 1.29 is 9.59 Å². The van der Waals surface area contributed by atoms with Gasteiger partial charge in [-0.05, 0) is 35.4 Å². The lowest BCUT2D eigenvalue weighted by atomic mass is 10.0. The van der Waals surface area contributed by atoms with Crippen molar-refractivity contribution >= 4 is 28.3 Å². The molecule has 0 aromatic heterocycles. The maximum Gasteiger partial charge on any atom is 0.258 e. The quantitative estimate of drug-likeness (QED) is 0.728. The zero-order valence-electron chi connectivity index (χ0n) is 10.2. The Hall–Kier alpha value is -2.42. The van der Waals surface area contributed by atoms with Crippen LogP contribution < -0.4 is 4.90 Å². The molecule has 0 bridgehead atoms. The lowest BCUT2D eigenvalue weighted by molar-refractivity contribution is -0.119. The molecule has 2 amide bonds. The number of amides is 2. The average Bonchev–Trinajstić information content (AvgIpc) is 2.98. The topological polar surface area (TPSA) is 37.4 Å². The maximum absolute atomic E-state index is 11.8. The number of rotatable bonds is 1. The molecule has 0 atom stereocenters. The molecule has 3 heteroatoms. The highest BCUT2D eigenvalue weighted by atomic mass is 16.2. The van der Waals surface area contributed by atoms with Gasteiger partial charge in [-0.25, -0.2) is 4.90 Å². The van der Waals surface area contributed by atoms with E-state index in [1.165, 1.54) is 33.6 Å². The van der Waals surface area contributed by atoms with E-state index in [0.717, 1.165) is 18.2 Å². The van der Waals surface area contributed by atoms with Gasteiger partial charge in [0, 0.05) is 17.5 Å². The van der Waals surface area contributed by atoms with Crippen molar-refractivity contribution in [1.82, 2.24) is 0 Å². The predicted molar refractivity (Wildman–Crippen MR) is 73.0 cm³/mol. The number of carbonyl (C=O) groups excluding carboxylic acids is 2. The Morgan fingerprint density at radius 3 is 2.26 bits per heavy atom. The van der Waals surface area contributed by atoms with E-state index >= 15 is 0 Å². The summed E-state index contributed by atoms with van der Waals surface area (Å²) in [5.74, 6) is -0.521. The van der Waals surface area contributed by atoms with E-state index in [4.69, 9.17) is 0 Å². The van der Waals surface area contributed by atoms with Crippen LogP contribution in [-0.4, -0.2) is 11.8 Å². The summed E-state index contributed by atoms with van der Waals surface area (Å²) in [5.41, 5.74) is 3.31. The fourth-order valence-electron chi connectivity index (χ4n) is 3.06. The first-order valence-corrected chi connectivity index (χ1v) is 6.35. The monoisotopic (exact) mass is 249 g/mol. The van der Waals surface area contributed by atoms with Crippen LogP contribution in [0.25, 0.3) is 10.8 Å². The summed E-state index contributed by atoms with van der Waals surface area (Å²) in [7, 11) is 0. The third kappa shape index (κ3) is 1.32. The molecule has 0 saturated heterocycles. The molecule has 92 valence electrons. The van der Waals surface area contributed by atoms with Gasteiger partial charge in [-0.2, -0.15) is 0 Å². The molecular weight excluding hydrogens is 238 g/mol. The van der Waals surface area contributed by atoms with Gasteiger partial charge in [0.05, 0.1) is 5.69 Å². The average molecular weight is 249 g/mol. The lowest BCUT2D eigenvalue weighted by Crippen LogP contribution is -2.29. The second kappa shape index (κ2) is 3.54. The predicted octanol–water partition coefficient (Wildman–Crippen LogP) is 2.37. The summed E-state index contributed by atoms with van der Waals surface area (Å²) in [6, 6.07) is 10.0. The second-order valence-electron chi connectivity index (χ2n) is 4.93. The summed E-state index contributed by atoms with van der Waals surface area (Å²) in [5, 5.41) is 2.21. The Labute approximate surface area is 110 Å². The van der Waals surface area contributed by atoms with Crippen molar-refractivity contribution in [3.8, 4) is 0 Å². The number of nitrogens with zero attached hydrogens (tertiary/aromatic N) is 1. The van der Waals surface area contributed by atoms with Gasteiger partial charge in [0.1, 0.15) is 0 Å². The molecule has 0 N–H and O–H groups in total. The van der Waals surface area contributed by atoms with Crippen LogP contribution in [0.1, 0.15) is 11.1 Å². The van der Waals surface area contributed by atoms with E-state index in [-0.39, 0.29) is 11.8 Å². The van der Waals surface area contributed by atoms with Crippen LogP contribution in [0.15, 0.2) is 42.5 Å². The zero-order chi connectivity index (χ0) is 13.0. The summed E-state index contributed by atoms with van der Waals surface area (Å²) in [4.78, 5) is 24.9. The highest BCUT2D eigenvalue weighted by molar-refractivity contribution is 6.30. The van der Waals surface area contributed by atoms with E-state index < -0.39 is 0 Å². The molecular formula is C16H11NO2. The Bertz CT molecular complexity index is 745. The molecule has 1 heterocycles. The van der Waals surface area contributed by atoms with Gasteiger partial charge >= 0.3 is 0 Å². The van der Waals surface area contributed by atoms with E-state index in [1.807, 2.05) is 24.3 Å². The zero-order valence-corrected chi connectivity index (χ0v) is 10.2. The van der Waals surface area contributed by atoms with Crippen molar-refractivity contribution in [3.63, 3.8) is 0 Å². The lowest BCUT2D eigenvalue weighted by Gasteiger charge is -2.17. The molecule has 0 spiro atoms. The molecule has 0 fully saturated rings. The molecule has 2 aromatic rings. The standard InChI is InChI=1S/C16H11NO2/c18-14-8-9-15(19)17(14)13-7-6-11-5-4-10-2-1-3-12(13)16(10)11/h1-3,6-9H,4-5H2. The number of hydrogen-bond donors (Lipinski definition) is 0. The van der Waals surface area contributed by atoms with Crippen molar-refractivity contribution in [2.75, 3.05) is 4.90 Å². The van der Waals surface area contributed by atoms with Crippen LogP contribution in [0.5, 0.6) is 0 Å². The Morgan fingerprint density at radius 2 is 1.53 bits per heavy atom. The van der Waals surface area contributed by atoms with Crippen molar-refractivity contribution in [1.29, 1.82) is 0 Å². The fourth-order valence-corrected chi connectivity index (χ4v) is 3.06. The second-order valence-corrected chi connectivity index (χ2v) is 4.93. The van der Waals surface area contributed by atoms with Gasteiger partial charge < -0.3 is 0 Å². The van der Waals surface area contributed by atoms with E-state index in [1.54, 1.807) is 0 Å². The normalized spacial score (nSPS) is 16.9. The minimum atomic E-state index is -0.260. The van der Waals surface area contributed by atoms with Gasteiger partial charge in [0.15, 0.2) is 0 Å². The van der Waals surface area contributed by atoms with Crippen LogP contribution in [0.3, 0.4) is 0 Å². The van der Waals surface area contributed by atoms with Gasteiger partial charge in [0.2, 0.25) is 0 Å². The summed E-state index contributed by atoms with van der Waals surface area (Å²) in [6.45, 7) is 0. The number of hydrogen-bond acceptors (Lipinski definition) is 2. The minimum absolute atomic E-state index is 0.260. The number of benzene rings is 2. The number of aryl methyl sites for hydroxylation is 2. The molecule has 1 aliphatic carbocycles. The first-order chi connectivity index (χ1) is 9.25. The van der Waals surface area contributed by atoms with Crippen LogP contribution in [0.2, 0.25) is 0 Å². The van der Waals surface area contributed by atoms with Crippen molar-refractivity contribution in [2.45, 2.75) is 12.8 Å². The van der Waals surface area contributed by atoms with Gasteiger partial charge in [-0.3, -0.25) is 9.59 Å². The van der Waals surface area contributed by atoms with Crippen LogP contribution in [-0.2, 0) is 22.4 Å². The Balaban J connectivity index is 2.03. The summed E-state index contributed by atoms with van der Waals surface area (Å²) >= 11 is 0. The summed E-state index contributed by atoms with van der Waals surface area (Å²) in [6.07, 6.45) is 4.73. The van der Waals surface area contributed by atoms with Crippen LogP contribution in [0, 0.1) is 0 Å². The molecule has 4 rings (SSSR count). The largest absolute Gasteiger partial charge is 0.269 e. The molecule has 19 heavy (non-hydrogen) atoms. The first-order valence-electron chi connectivity index (χ1n) is 6.35. The van der Waals surface area contributed by atoms with Gasteiger partial charge in [-0.15, -0.1) is 0 Å². The van der Waals surface area contributed by atoms with Gasteiger partial charge in [-0.1, -0.05) is 24.3 Å². The van der Waals surface area contributed by atoms with Gasteiger partial charge in [0.25, 0.3) is 11.8 Å². The molecule has 0 radical (unpaired) electrons. The van der Waals surface area contributed by atoms with E-state index in [2.05, 4.69) is 6.07 Å². The molecule has 0 unspecified atom stereocenters. The highest BCUT2D eigenvalue weighted by Gasteiger charge is 2.28. The third-order valence-electron chi connectivity index (χ3n) is 3.90. The molecule has 2 aromatic carbocycles. The molecule has 2 aliphatic rings. The minimum Gasteiger partial charge on any atom is -0.269 e. The number of imide groups is 1. The third-order valence-corrected chi connectivity index (χ3v) is 3.90. The van der Waals surface area contributed by atoms with Crippen LogP contribution in [0.4, 0.5) is 5.69 Å². The van der Waals surface area contributed by atoms with Crippen molar-refractivity contribution in [2.24, 2.45) is 0 Å².